The van der Waals surface area contributed by atoms with Crippen molar-refractivity contribution in [3.05, 3.63) is 35.9 Å². The maximum absolute atomic E-state index is 11.1. The van der Waals surface area contributed by atoms with Crippen molar-refractivity contribution < 1.29 is 9.53 Å². The Balaban J connectivity index is 2.49. The second-order valence-electron chi connectivity index (χ2n) is 2.87. The SMILES string of the molecule is NC(Cc1ccccc1)C(=O)OCCl. The van der Waals surface area contributed by atoms with Crippen molar-refractivity contribution in [1.82, 2.24) is 0 Å². The van der Waals surface area contributed by atoms with E-state index in [1.54, 1.807) is 0 Å². The van der Waals surface area contributed by atoms with Crippen LogP contribution in [0.2, 0.25) is 0 Å². The van der Waals surface area contributed by atoms with E-state index in [9.17, 15) is 4.79 Å². The van der Waals surface area contributed by atoms with Crippen LogP contribution in [0.3, 0.4) is 0 Å². The van der Waals surface area contributed by atoms with Gasteiger partial charge in [-0.2, -0.15) is 0 Å². The van der Waals surface area contributed by atoms with Gasteiger partial charge in [-0.15, -0.1) is 0 Å². The third-order valence-corrected chi connectivity index (χ3v) is 1.91. The third kappa shape index (κ3) is 3.36. The van der Waals surface area contributed by atoms with Gasteiger partial charge < -0.3 is 10.5 Å². The van der Waals surface area contributed by atoms with Gasteiger partial charge in [0, 0.05) is 0 Å². The van der Waals surface area contributed by atoms with Crippen LogP contribution >= 0.6 is 11.6 Å². The summed E-state index contributed by atoms with van der Waals surface area (Å²) in [6.45, 7) is 0. The predicted octanol–water partition coefficient (Wildman–Crippen LogP) is 1.30. The number of hydrogen-bond acceptors (Lipinski definition) is 3. The molecule has 0 bridgehead atoms. The lowest BCUT2D eigenvalue weighted by molar-refractivity contribution is -0.143. The molecule has 0 aromatic heterocycles. The zero-order valence-electron chi connectivity index (χ0n) is 7.65. The summed E-state index contributed by atoms with van der Waals surface area (Å²) in [5.41, 5.74) is 6.61. The summed E-state index contributed by atoms with van der Waals surface area (Å²) in [7, 11) is 0. The highest BCUT2D eigenvalue weighted by atomic mass is 35.5. The van der Waals surface area contributed by atoms with Crippen LogP contribution in [-0.4, -0.2) is 18.1 Å². The fourth-order valence-corrected chi connectivity index (χ4v) is 1.22. The number of hydrogen-bond donors (Lipinski definition) is 1. The lowest BCUT2D eigenvalue weighted by Crippen LogP contribution is -2.34. The summed E-state index contributed by atoms with van der Waals surface area (Å²) in [5, 5.41) is 0. The largest absolute Gasteiger partial charge is 0.448 e. The summed E-state index contributed by atoms with van der Waals surface area (Å²) >= 11 is 5.24. The van der Waals surface area contributed by atoms with Gasteiger partial charge in [0.05, 0.1) is 0 Å². The van der Waals surface area contributed by atoms with Crippen molar-refractivity contribution in [2.75, 3.05) is 6.07 Å². The molecule has 0 saturated carbocycles. The summed E-state index contributed by atoms with van der Waals surface area (Å²) in [6.07, 6.45) is 0.469. The van der Waals surface area contributed by atoms with Crippen molar-refractivity contribution in [2.24, 2.45) is 5.73 Å². The average Bonchev–Trinajstić information content (AvgIpc) is 2.19. The predicted molar refractivity (Wildman–Crippen MR) is 54.9 cm³/mol. The maximum Gasteiger partial charge on any atom is 0.324 e. The van der Waals surface area contributed by atoms with Crippen LogP contribution in [0.1, 0.15) is 5.56 Å². The first-order valence-corrected chi connectivity index (χ1v) is 4.79. The molecule has 1 aromatic rings. The standard InChI is InChI=1S/C10H12ClNO2/c11-7-14-10(13)9(12)6-8-4-2-1-3-5-8/h1-5,9H,6-7,12H2. The molecule has 76 valence electrons. The molecule has 1 atom stereocenters. The Bertz CT molecular complexity index is 289. The molecule has 0 fully saturated rings. The first kappa shape index (κ1) is 11.0. The van der Waals surface area contributed by atoms with E-state index < -0.39 is 12.0 Å². The third-order valence-electron chi connectivity index (χ3n) is 1.80. The van der Waals surface area contributed by atoms with Crippen LogP contribution in [-0.2, 0) is 16.0 Å². The van der Waals surface area contributed by atoms with Crippen LogP contribution in [0.5, 0.6) is 0 Å². The molecule has 1 aromatic carbocycles. The maximum atomic E-state index is 11.1. The molecule has 0 saturated heterocycles. The van der Waals surface area contributed by atoms with Gasteiger partial charge >= 0.3 is 5.97 Å². The number of alkyl halides is 1. The van der Waals surface area contributed by atoms with Gasteiger partial charge in [-0.05, 0) is 12.0 Å². The topological polar surface area (TPSA) is 52.3 Å². The minimum atomic E-state index is -0.642. The van der Waals surface area contributed by atoms with Crippen molar-refractivity contribution in [3.63, 3.8) is 0 Å². The quantitative estimate of drug-likeness (QED) is 0.606. The summed E-state index contributed by atoms with van der Waals surface area (Å²) in [4.78, 5) is 11.1. The summed E-state index contributed by atoms with van der Waals surface area (Å²) in [5.74, 6) is -0.469. The number of halogens is 1. The van der Waals surface area contributed by atoms with Crippen LogP contribution in [0.15, 0.2) is 30.3 Å². The van der Waals surface area contributed by atoms with Gasteiger partial charge in [-0.3, -0.25) is 4.79 Å². The van der Waals surface area contributed by atoms with E-state index in [-0.39, 0.29) is 6.07 Å². The first-order chi connectivity index (χ1) is 6.74. The number of benzene rings is 1. The average molecular weight is 214 g/mol. The molecule has 1 unspecified atom stereocenters. The second-order valence-corrected chi connectivity index (χ2v) is 3.09. The van der Waals surface area contributed by atoms with E-state index in [0.717, 1.165) is 5.56 Å². The summed E-state index contributed by atoms with van der Waals surface area (Å²) < 4.78 is 4.58. The minimum absolute atomic E-state index is 0.151. The molecule has 14 heavy (non-hydrogen) atoms. The molecule has 0 aliphatic rings. The monoisotopic (exact) mass is 213 g/mol. The number of rotatable bonds is 4. The lowest BCUT2D eigenvalue weighted by Gasteiger charge is -2.09. The highest BCUT2D eigenvalue weighted by molar-refractivity contribution is 6.17. The number of carbonyl (C=O) groups is 1. The number of nitrogens with two attached hydrogens (primary N) is 1. The van der Waals surface area contributed by atoms with Gasteiger partial charge in [-0.1, -0.05) is 41.9 Å². The van der Waals surface area contributed by atoms with Crippen molar-refractivity contribution >= 4 is 17.6 Å². The molecule has 0 aliphatic carbocycles. The Morgan fingerprint density at radius 2 is 2.07 bits per heavy atom. The molecule has 3 nitrogen and oxygen atoms in total. The van der Waals surface area contributed by atoms with Gasteiger partial charge in [0.1, 0.15) is 6.04 Å². The fourth-order valence-electron chi connectivity index (χ4n) is 1.11. The molecule has 0 aliphatic heterocycles. The molecule has 1 rings (SSSR count). The van der Waals surface area contributed by atoms with E-state index in [0.29, 0.717) is 6.42 Å². The second kappa shape index (κ2) is 5.62. The van der Waals surface area contributed by atoms with E-state index in [1.165, 1.54) is 0 Å². The van der Waals surface area contributed by atoms with E-state index in [1.807, 2.05) is 30.3 Å². The molecular weight excluding hydrogens is 202 g/mol. The van der Waals surface area contributed by atoms with Crippen LogP contribution in [0.25, 0.3) is 0 Å². The van der Waals surface area contributed by atoms with Gasteiger partial charge in [-0.25, -0.2) is 0 Å². The van der Waals surface area contributed by atoms with E-state index in [2.05, 4.69) is 4.74 Å². The molecule has 0 heterocycles. The molecular formula is C10H12ClNO2. The number of esters is 1. The van der Waals surface area contributed by atoms with Gasteiger partial charge in [0.2, 0.25) is 0 Å². The Labute approximate surface area is 87.8 Å². The van der Waals surface area contributed by atoms with Gasteiger partial charge in [0.25, 0.3) is 0 Å². The zero-order chi connectivity index (χ0) is 10.4. The highest BCUT2D eigenvalue weighted by Gasteiger charge is 2.14. The molecule has 0 spiro atoms. The minimum Gasteiger partial charge on any atom is -0.448 e. The van der Waals surface area contributed by atoms with E-state index >= 15 is 0 Å². The van der Waals surface area contributed by atoms with Crippen LogP contribution < -0.4 is 5.73 Å². The van der Waals surface area contributed by atoms with Gasteiger partial charge in [0.15, 0.2) is 6.07 Å². The first-order valence-electron chi connectivity index (χ1n) is 4.26. The number of ether oxygens (including phenoxy) is 1. The van der Waals surface area contributed by atoms with Crippen molar-refractivity contribution in [1.29, 1.82) is 0 Å². The molecule has 0 radical (unpaired) electrons. The zero-order valence-corrected chi connectivity index (χ0v) is 8.41. The molecule has 2 N–H and O–H groups in total. The van der Waals surface area contributed by atoms with Crippen LogP contribution in [0.4, 0.5) is 0 Å². The highest BCUT2D eigenvalue weighted by Crippen LogP contribution is 2.02. The Morgan fingerprint density at radius 1 is 1.43 bits per heavy atom. The van der Waals surface area contributed by atoms with Crippen molar-refractivity contribution in [3.8, 4) is 0 Å². The summed E-state index contributed by atoms with van der Waals surface area (Å²) in [6, 6.07) is 8.73. The molecule has 4 heteroatoms. The lowest BCUT2D eigenvalue weighted by atomic mass is 10.1. The molecule has 0 amide bonds. The Hall–Kier alpha value is -1.06. The normalized spacial score (nSPS) is 12.1. The van der Waals surface area contributed by atoms with Crippen LogP contribution in [0, 0.1) is 0 Å². The Kier molecular flexibility index (Phi) is 4.43. The fraction of sp³-hybridized carbons (Fsp3) is 0.300. The number of carbonyl (C=O) groups excluding carboxylic acids is 1. The van der Waals surface area contributed by atoms with Crippen molar-refractivity contribution in [2.45, 2.75) is 12.5 Å². The Morgan fingerprint density at radius 3 is 2.64 bits per heavy atom. The smallest absolute Gasteiger partial charge is 0.324 e. The van der Waals surface area contributed by atoms with E-state index in [4.69, 9.17) is 17.3 Å².